The number of nitrogens with two attached hydrogens (primary N) is 1. The van der Waals surface area contributed by atoms with Crippen molar-refractivity contribution in [2.75, 3.05) is 26.3 Å². The lowest BCUT2D eigenvalue weighted by atomic mass is 9.90. The summed E-state index contributed by atoms with van der Waals surface area (Å²) in [6.07, 6.45) is 4.05. The van der Waals surface area contributed by atoms with E-state index in [1.807, 2.05) is 24.3 Å². The first-order valence-corrected chi connectivity index (χ1v) is 15.1. The summed E-state index contributed by atoms with van der Waals surface area (Å²) in [5.74, 6) is 1.72. The fraction of sp³-hybridized carbons (Fsp3) is 0.324. The van der Waals surface area contributed by atoms with E-state index < -0.39 is 0 Å². The number of amides is 1. The van der Waals surface area contributed by atoms with Crippen LogP contribution in [0.4, 0.5) is 0 Å². The van der Waals surface area contributed by atoms with Gasteiger partial charge in [-0.3, -0.25) is 9.69 Å². The van der Waals surface area contributed by atoms with Crippen LogP contribution in [-0.4, -0.2) is 37.1 Å². The molecule has 220 valence electrons. The fourth-order valence-corrected chi connectivity index (χ4v) is 5.09. The smallest absolute Gasteiger partial charge is 0.217 e. The summed E-state index contributed by atoms with van der Waals surface area (Å²) in [4.78, 5) is 13.7. The Labute approximate surface area is 251 Å². The molecule has 0 aliphatic rings. The third-order valence-electron chi connectivity index (χ3n) is 7.39. The minimum Gasteiger partial charge on any atom is -0.494 e. The Balaban J connectivity index is 1.44. The van der Waals surface area contributed by atoms with Crippen molar-refractivity contribution in [1.82, 2.24) is 4.90 Å². The van der Waals surface area contributed by atoms with E-state index in [1.54, 1.807) is 0 Å². The fourth-order valence-electron chi connectivity index (χ4n) is 5.09. The van der Waals surface area contributed by atoms with Crippen LogP contribution in [0.1, 0.15) is 60.8 Å². The predicted octanol–water partition coefficient (Wildman–Crippen LogP) is 7.39. The summed E-state index contributed by atoms with van der Waals surface area (Å²) in [7, 11) is 0. The van der Waals surface area contributed by atoms with Crippen LogP contribution in [0.15, 0.2) is 109 Å². The van der Waals surface area contributed by atoms with Crippen LogP contribution >= 0.6 is 0 Å². The van der Waals surface area contributed by atoms with Gasteiger partial charge in [-0.1, -0.05) is 98.3 Å². The Morgan fingerprint density at radius 1 is 0.738 bits per heavy atom. The van der Waals surface area contributed by atoms with Crippen molar-refractivity contribution < 1.29 is 14.3 Å². The molecule has 0 bridgehead atoms. The van der Waals surface area contributed by atoms with E-state index in [0.29, 0.717) is 19.4 Å². The van der Waals surface area contributed by atoms with Gasteiger partial charge in [0.05, 0.1) is 13.2 Å². The number of aryl methyl sites for hydroxylation is 1. The van der Waals surface area contributed by atoms with Crippen molar-refractivity contribution in [3.8, 4) is 11.5 Å². The van der Waals surface area contributed by atoms with Crippen molar-refractivity contribution in [2.45, 2.75) is 51.5 Å². The molecule has 5 nitrogen and oxygen atoms in total. The molecule has 1 amide bonds. The molecule has 4 aromatic rings. The van der Waals surface area contributed by atoms with Crippen molar-refractivity contribution in [3.63, 3.8) is 0 Å². The van der Waals surface area contributed by atoms with Crippen LogP contribution in [0.3, 0.4) is 0 Å². The lowest BCUT2D eigenvalue weighted by Crippen LogP contribution is -2.30. The number of rotatable bonds is 18. The largest absolute Gasteiger partial charge is 0.494 e. The third-order valence-corrected chi connectivity index (χ3v) is 7.39. The molecule has 0 aromatic heterocycles. The topological polar surface area (TPSA) is 64.8 Å². The van der Waals surface area contributed by atoms with Gasteiger partial charge in [-0.15, -0.1) is 0 Å². The highest BCUT2D eigenvalue weighted by Gasteiger charge is 2.19. The molecule has 4 aromatic carbocycles. The van der Waals surface area contributed by atoms with Crippen molar-refractivity contribution >= 4 is 5.91 Å². The molecule has 2 N–H and O–H groups in total. The molecule has 0 saturated heterocycles. The minimum atomic E-state index is -0.288. The van der Waals surface area contributed by atoms with Gasteiger partial charge in [0.1, 0.15) is 11.5 Å². The standard InChI is InChI=1S/C37H44N2O3/c1-2-3-25-41-34-21-18-31(19-22-34)28-39(24-11-26-42-35-17-10-12-30(27-35)20-23-37(38)40)29-36(32-13-6-4-7-14-32)33-15-8-5-9-16-33/h4-10,12-19,21-22,27,36H,2-3,11,20,23-26,28-29H2,1H3,(H2,38,40). The molecule has 4 rings (SSSR count). The van der Waals surface area contributed by atoms with E-state index in [2.05, 4.69) is 96.8 Å². The van der Waals surface area contributed by atoms with Gasteiger partial charge in [0, 0.05) is 32.0 Å². The number of ether oxygens (including phenoxy) is 2. The Morgan fingerprint density at radius 2 is 1.38 bits per heavy atom. The third kappa shape index (κ3) is 10.4. The van der Waals surface area contributed by atoms with Crippen molar-refractivity contribution in [3.05, 3.63) is 131 Å². The number of carbonyl (C=O) groups excluding carboxylic acids is 1. The van der Waals surface area contributed by atoms with Gasteiger partial charge >= 0.3 is 0 Å². The summed E-state index contributed by atoms with van der Waals surface area (Å²) in [6.45, 7) is 6.17. The molecule has 0 aliphatic carbocycles. The van der Waals surface area contributed by atoms with Crippen LogP contribution in [-0.2, 0) is 17.8 Å². The first-order valence-electron chi connectivity index (χ1n) is 15.1. The second-order valence-corrected chi connectivity index (χ2v) is 10.8. The van der Waals surface area contributed by atoms with Gasteiger partial charge in [-0.25, -0.2) is 0 Å². The van der Waals surface area contributed by atoms with Crippen molar-refractivity contribution in [1.29, 1.82) is 0 Å². The number of nitrogens with zero attached hydrogens (tertiary/aromatic N) is 1. The molecule has 0 heterocycles. The molecule has 5 heteroatoms. The molecular weight excluding hydrogens is 520 g/mol. The molecule has 0 radical (unpaired) electrons. The average Bonchev–Trinajstić information content (AvgIpc) is 3.02. The highest BCUT2D eigenvalue weighted by atomic mass is 16.5. The molecule has 0 unspecified atom stereocenters. The highest BCUT2D eigenvalue weighted by Crippen LogP contribution is 2.27. The van der Waals surface area contributed by atoms with Gasteiger partial charge in [0.2, 0.25) is 5.91 Å². The van der Waals surface area contributed by atoms with E-state index in [0.717, 1.165) is 62.6 Å². The monoisotopic (exact) mass is 564 g/mol. The van der Waals surface area contributed by atoms with E-state index in [-0.39, 0.29) is 11.8 Å². The number of hydrogen-bond donors (Lipinski definition) is 1. The lowest BCUT2D eigenvalue weighted by molar-refractivity contribution is -0.117. The molecular formula is C37H44N2O3. The van der Waals surface area contributed by atoms with Crippen molar-refractivity contribution in [2.24, 2.45) is 5.73 Å². The lowest BCUT2D eigenvalue weighted by Gasteiger charge is -2.28. The van der Waals surface area contributed by atoms with Gasteiger partial charge in [0.25, 0.3) is 0 Å². The highest BCUT2D eigenvalue weighted by molar-refractivity contribution is 5.74. The van der Waals surface area contributed by atoms with Gasteiger partial charge in [-0.2, -0.15) is 0 Å². The summed E-state index contributed by atoms with van der Waals surface area (Å²) in [5.41, 5.74) is 10.3. The van der Waals surface area contributed by atoms with E-state index >= 15 is 0 Å². The van der Waals surface area contributed by atoms with Crippen LogP contribution in [0, 0.1) is 0 Å². The Bertz CT molecular complexity index is 1290. The maximum atomic E-state index is 11.2. The maximum absolute atomic E-state index is 11.2. The van der Waals surface area contributed by atoms with Gasteiger partial charge in [-0.05, 0) is 65.8 Å². The molecule has 0 aliphatic heterocycles. The summed E-state index contributed by atoms with van der Waals surface area (Å²) < 4.78 is 12.0. The average molecular weight is 565 g/mol. The number of carbonyl (C=O) groups is 1. The first kappa shape index (κ1) is 30.9. The SMILES string of the molecule is CCCCOc1ccc(CN(CCCOc2cccc(CCC(N)=O)c2)CC(c2ccccc2)c2ccccc2)cc1. The number of primary amides is 1. The number of unbranched alkanes of at least 4 members (excludes halogenated alkanes) is 1. The summed E-state index contributed by atoms with van der Waals surface area (Å²) >= 11 is 0. The van der Waals surface area contributed by atoms with Gasteiger partial charge in [0.15, 0.2) is 0 Å². The van der Waals surface area contributed by atoms with E-state index in [4.69, 9.17) is 15.2 Å². The van der Waals surface area contributed by atoms with E-state index in [1.165, 1.54) is 16.7 Å². The van der Waals surface area contributed by atoms with Crippen LogP contribution in [0.25, 0.3) is 0 Å². The number of benzene rings is 4. The Kier molecular flexibility index (Phi) is 12.5. The zero-order valence-corrected chi connectivity index (χ0v) is 24.8. The number of hydrogen-bond acceptors (Lipinski definition) is 4. The quantitative estimate of drug-likeness (QED) is 0.128. The summed E-state index contributed by atoms with van der Waals surface area (Å²) in [5, 5.41) is 0. The van der Waals surface area contributed by atoms with E-state index in [9.17, 15) is 4.79 Å². The summed E-state index contributed by atoms with van der Waals surface area (Å²) in [6, 6.07) is 38.1. The molecule has 0 fully saturated rings. The second-order valence-electron chi connectivity index (χ2n) is 10.8. The molecule has 42 heavy (non-hydrogen) atoms. The Morgan fingerprint density at radius 3 is 2.02 bits per heavy atom. The van der Waals surface area contributed by atoms with Gasteiger partial charge < -0.3 is 15.2 Å². The zero-order chi connectivity index (χ0) is 29.4. The van der Waals surface area contributed by atoms with Crippen LogP contribution in [0.2, 0.25) is 0 Å². The Hall–Kier alpha value is -4.09. The first-order chi connectivity index (χ1) is 20.6. The molecule has 0 saturated carbocycles. The van der Waals surface area contributed by atoms with Crippen LogP contribution in [0.5, 0.6) is 11.5 Å². The zero-order valence-electron chi connectivity index (χ0n) is 24.8. The molecule has 0 spiro atoms. The second kappa shape index (κ2) is 17.0. The molecule has 0 atom stereocenters. The predicted molar refractivity (Wildman–Crippen MR) is 171 cm³/mol. The van der Waals surface area contributed by atoms with Crippen LogP contribution < -0.4 is 15.2 Å². The minimum absolute atomic E-state index is 0.256. The maximum Gasteiger partial charge on any atom is 0.217 e. The normalized spacial score (nSPS) is 11.1.